The second kappa shape index (κ2) is 10.1. The standard InChI is InChI=1S/C21H25Cl2N3O4S/c1-3-30-20-8-7-18(14-19(20)23)31(28,29)24(2)15-21(27)26-11-9-25(10-12-26)17-6-4-5-16(22)13-17/h4-8,13-14H,3,9-12,15H2,1-2H3. The minimum absolute atomic E-state index is 0.0158. The molecule has 1 saturated heterocycles. The van der Waals surface area contributed by atoms with E-state index in [1.807, 2.05) is 31.2 Å². The zero-order valence-corrected chi connectivity index (χ0v) is 19.8. The van der Waals surface area contributed by atoms with Gasteiger partial charge in [0.25, 0.3) is 0 Å². The van der Waals surface area contributed by atoms with E-state index in [1.165, 1.54) is 25.2 Å². The van der Waals surface area contributed by atoms with Gasteiger partial charge in [-0.1, -0.05) is 29.3 Å². The number of hydrogen-bond donors (Lipinski definition) is 0. The first-order chi connectivity index (χ1) is 14.7. The quantitative estimate of drug-likeness (QED) is 0.601. The van der Waals surface area contributed by atoms with Crippen molar-refractivity contribution in [3.8, 4) is 5.75 Å². The molecule has 7 nitrogen and oxygen atoms in total. The molecule has 2 aromatic carbocycles. The molecular weight excluding hydrogens is 461 g/mol. The summed E-state index contributed by atoms with van der Waals surface area (Å²) in [6.45, 7) is 4.31. The van der Waals surface area contributed by atoms with Gasteiger partial charge in [0.2, 0.25) is 15.9 Å². The van der Waals surface area contributed by atoms with Crippen LogP contribution in [0.15, 0.2) is 47.4 Å². The molecule has 1 aliphatic heterocycles. The Labute approximate surface area is 193 Å². The Morgan fingerprint density at radius 1 is 1.10 bits per heavy atom. The number of halogens is 2. The lowest BCUT2D eigenvalue weighted by molar-refractivity contribution is -0.131. The summed E-state index contributed by atoms with van der Waals surface area (Å²) in [5.41, 5.74) is 1.01. The predicted molar refractivity (Wildman–Crippen MR) is 123 cm³/mol. The first-order valence-electron chi connectivity index (χ1n) is 9.89. The van der Waals surface area contributed by atoms with E-state index in [0.717, 1.165) is 9.99 Å². The molecule has 0 saturated carbocycles. The van der Waals surface area contributed by atoms with Crippen molar-refractivity contribution in [3.63, 3.8) is 0 Å². The second-order valence-corrected chi connectivity index (χ2v) is 10.0. The molecule has 0 atom stereocenters. The third kappa shape index (κ3) is 5.63. The van der Waals surface area contributed by atoms with Crippen molar-refractivity contribution in [1.29, 1.82) is 0 Å². The molecule has 0 unspecified atom stereocenters. The molecule has 1 amide bonds. The summed E-state index contributed by atoms with van der Waals surface area (Å²) >= 11 is 12.2. The number of nitrogens with zero attached hydrogens (tertiary/aromatic N) is 3. The largest absolute Gasteiger partial charge is 0.492 e. The molecule has 0 aliphatic carbocycles. The second-order valence-electron chi connectivity index (χ2n) is 7.13. The van der Waals surface area contributed by atoms with Crippen LogP contribution in [0.2, 0.25) is 10.0 Å². The summed E-state index contributed by atoms with van der Waals surface area (Å²) in [4.78, 5) is 16.6. The van der Waals surface area contributed by atoms with Crippen molar-refractivity contribution in [2.75, 3.05) is 51.3 Å². The summed E-state index contributed by atoms with van der Waals surface area (Å²) < 4.78 is 32.1. The molecule has 2 aromatic rings. The number of amides is 1. The maximum Gasteiger partial charge on any atom is 0.243 e. The van der Waals surface area contributed by atoms with Gasteiger partial charge < -0.3 is 14.5 Å². The fourth-order valence-corrected chi connectivity index (χ4v) is 4.99. The molecule has 0 spiro atoms. The van der Waals surface area contributed by atoms with Crippen molar-refractivity contribution in [3.05, 3.63) is 52.5 Å². The van der Waals surface area contributed by atoms with E-state index in [0.29, 0.717) is 43.6 Å². The number of anilines is 1. The van der Waals surface area contributed by atoms with Gasteiger partial charge in [-0.3, -0.25) is 4.79 Å². The predicted octanol–water partition coefficient (Wildman–Crippen LogP) is 3.36. The van der Waals surface area contributed by atoms with E-state index >= 15 is 0 Å². The number of piperazine rings is 1. The number of carbonyl (C=O) groups is 1. The summed E-state index contributed by atoms with van der Waals surface area (Å²) in [5.74, 6) is 0.174. The Morgan fingerprint density at radius 2 is 1.81 bits per heavy atom. The Bertz CT molecular complexity index is 1040. The van der Waals surface area contributed by atoms with Gasteiger partial charge in [-0.15, -0.1) is 0 Å². The average Bonchev–Trinajstić information content (AvgIpc) is 2.75. The van der Waals surface area contributed by atoms with Gasteiger partial charge in [0.05, 0.1) is 23.1 Å². The average molecular weight is 486 g/mol. The first-order valence-corrected chi connectivity index (χ1v) is 12.1. The molecule has 1 aliphatic rings. The summed E-state index contributed by atoms with van der Waals surface area (Å²) in [7, 11) is -2.48. The maximum absolute atomic E-state index is 12.9. The van der Waals surface area contributed by atoms with Crippen molar-refractivity contribution in [1.82, 2.24) is 9.21 Å². The van der Waals surface area contributed by atoms with Crippen LogP contribution < -0.4 is 9.64 Å². The Balaban J connectivity index is 1.60. The zero-order chi connectivity index (χ0) is 22.6. The topological polar surface area (TPSA) is 70.2 Å². The Kier molecular flexibility index (Phi) is 7.69. The van der Waals surface area contributed by atoms with E-state index in [2.05, 4.69) is 4.90 Å². The van der Waals surface area contributed by atoms with Gasteiger partial charge >= 0.3 is 0 Å². The van der Waals surface area contributed by atoms with Gasteiger partial charge in [-0.25, -0.2) is 8.42 Å². The van der Waals surface area contributed by atoms with E-state index in [9.17, 15) is 13.2 Å². The first kappa shape index (κ1) is 23.7. The molecule has 31 heavy (non-hydrogen) atoms. The Morgan fingerprint density at radius 3 is 2.42 bits per heavy atom. The SMILES string of the molecule is CCOc1ccc(S(=O)(=O)N(C)CC(=O)N2CCN(c3cccc(Cl)c3)CC2)cc1Cl. The van der Waals surface area contributed by atoms with Crippen LogP contribution in [0.25, 0.3) is 0 Å². The smallest absolute Gasteiger partial charge is 0.243 e. The van der Waals surface area contributed by atoms with Crippen LogP contribution in [0.4, 0.5) is 5.69 Å². The molecule has 10 heteroatoms. The number of rotatable bonds is 7. The molecular formula is C21H25Cl2N3O4S. The zero-order valence-electron chi connectivity index (χ0n) is 17.4. The van der Waals surface area contributed by atoms with E-state index in [-0.39, 0.29) is 22.4 Å². The normalized spacial score (nSPS) is 14.7. The van der Waals surface area contributed by atoms with E-state index < -0.39 is 10.0 Å². The number of carbonyl (C=O) groups excluding carboxylic acids is 1. The van der Waals surface area contributed by atoms with Crippen LogP contribution >= 0.6 is 23.2 Å². The third-order valence-electron chi connectivity index (χ3n) is 5.08. The fraction of sp³-hybridized carbons (Fsp3) is 0.381. The minimum atomic E-state index is -3.86. The van der Waals surface area contributed by atoms with Crippen molar-refractivity contribution in [2.45, 2.75) is 11.8 Å². The molecule has 0 N–H and O–H groups in total. The highest BCUT2D eigenvalue weighted by molar-refractivity contribution is 7.89. The highest BCUT2D eigenvalue weighted by atomic mass is 35.5. The summed E-state index contributed by atoms with van der Waals surface area (Å²) in [5, 5.41) is 0.872. The summed E-state index contributed by atoms with van der Waals surface area (Å²) in [6, 6.07) is 11.9. The number of ether oxygens (including phenoxy) is 1. The number of hydrogen-bond acceptors (Lipinski definition) is 5. The van der Waals surface area contributed by atoms with Crippen molar-refractivity contribution >= 4 is 44.8 Å². The Hall–Kier alpha value is -2.00. The molecule has 1 heterocycles. The van der Waals surface area contributed by atoms with Crippen LogP contribution in [0, 0.1) is 0 Å². The fourth-order valence-electron chi connectivity index (χ4n) is 3.36. The van der Waals surface area contributed by atoms with Crippen LogP contribution in [-0.2, 0) is 14.8 Å². The molecule has 3 rings (SSSR count). The number of benzene rings is 2. The van der Waals surface area contributed by atoms with Crippen molar-refractivity contribution in [2.24, 2.45) is 0 Å². The highest BCUT2D eigenvalue weighted by Gasteiger charge is 2.28. The molecule has 168 valence electrons. The van der Waals surface area contributed by atoms with E-state index in [4.69, 9.17) is 27.9 Å². The van der Waals surface area contributed by atoms with Gasteiger partial charge in [-0.2, -0.15) is 4.31 Å². The molecule has 0 bridgehead atoms. The summed E-state index contributed by atoms with van der Waals surface area (Å²) in [6.07, 6.45) is 0. The number of sulfonamides is 1. The molecule has 1 fully saturated rings. The van der Waals surface area contributed by atoms with Gasteiger partial charge in [0.1, 0.15) is 5.75 Å². The minimum Gasteiger partial charge on any atom is -0.492 e. The number of likely N-dealkylation sites (N-methyl/N-ethyl adjacent to an activating group) is 1. The maximum atomic E-state index is 12.9. The van der Waals surface area contributed by atoms with E-state index in [1.54, 1.807) is 4.90 Å². The van der Waals surface area contributed by atoms with Crippen LogP contribution in [0.3, 0.4) is 0 Å². The van der Waals surface area contributed by atoms with Crippen LogP contribution in [0.5, 0.6) is 5.75 Å². The van der Waals surface area contributed by atoms with Gasteiger partial charge in [0, 0.05) is 43.9 Å². The van der Waals surface area contributed by atoms with Gasteiger partial charge in [-0.05, 0) is 43.3 Å². The molecule has 0 aromatic heterocycles. The lowest BCUT2D eigenvalue weighted by atomic mass is 10.2. The van der Waals surface area contributed by atoms with Crippen molar-refractivity contribution < 1.29 is 17.9 Å². The van der Waals surface area contributed by atoms with Gasteiger partial charge in [0.15, 0.2) is 0 Å². The molecule has 0 radical (unpaired) electrons. The lowest BCUT2D eigenvalue weighted by Gasteiger charge is -2.36. The third-order valence-corrected chi connectivity index (χ3v) is 7.40. The monoisotopic (exact) mass is 485 g/mol. The lowest BCUT2D eigenvalue weighted by Crippen LogP contribution is -2.51. The highest BCUT2D eigenvalue weighted by Crippen LogP contribution is 2.28. The van der Waals surface area contributed by atoms with Crippen LogP contribution in [-0.4, -0.2) is 69.9 Å². The van der Waals surface area contributed by atoms with Crippen LogP contribution in [0.1, 0.15) is 6.92 Å².